The first-order chi connectivity index (χ1) is 8.43. The second-order valence-electron chi connectivity index (χ2n) is 4.50. The lowest BCUT2D eigenvalue weighted by Gasteiger charge is -2.22. The van der Waals surface area contributed by atoms with Crippen molar-refractivity contribution in [2.24, 2.45) is 5.92 Å². The lowest BCUT2D eigenvalue weighted by atomic mass is 10.0. The first kappa shape index (κ1) is 10.6. The van der Waals surface area contributed by atoms with Gasteiger partial charge in [0.05, 0.1) is 0 Å². The third kappa shape index (κ3) is 2.26. The lowest BCUT2D eigenvalue weighted by molar-refractivity contribution is 0.0699. The second-order valence-corrected chi connectivity index (χ2v) is 4.50. The summed E-state index contributed by atoms with van der Waals surface area (Å²) in [4.78, 5) is 4.28. The molecule has 90 valence electrons. The van der Waals surface area contributed by atoms with Crippen LogP contribution in [0.25, 0.3) is 5.65 Å². The molecule has 1 fully saturated rings. The van der Waals surface area contributed by atoms with E-state index in [2.05, 4.69) is 20.8 Å². The van der Waals surface area contributed by atoms with Crippen LogP contribution in [0.1, 0.15) is 12.8 Å². The number of anilines is 1. The smallest absolute Gasteiger partial charge is 0.138 e. The fraction of sp³-hybridized carbons (Fsp3) is 0.462. The first-order valence-electron chi connectivity index (χ1n) is 6.17. The minimum Gasteiger partial charge on any atom is -0.381 e. The van der Waals surface area contributed by atoms with E-state index in [9.17, 15) is 0 Å². The van der Waals surface area contributed by atoms with Gasteiger partial charge in [0.15, 0.2) is 0 Å². The highest BCUT2D eigenvalue weighted by Gasteiger charge is 2.13. The maximum Gasteiger partial charge on any atom is 0.138 e. The molecule has 0 spiro atoms. The number of aromatic nitrogens is 2. The Morgan fingerprint density at radius 2 is 2.24 bits per heavy atom. The molecular formula is C13H17N3O. The van der Waals surface area contributed by atoms with Crippen LogP contribution in [0, 0.1) is 5.92 Å². The molecule has 1 N–H and O–H groups in total. The summed E-state index contributed by atoms with van der Waals surface area (Å²) >= 11 is 0. The van der Waals surface area contributed by atoms with Gasteiger partial charge in [0, 0.05) is 32.2 Å². The molecule has 0 bridgehead atoms. The Morgan fingerprint density at radius 3 is 3.12 bits per heavy atom. The molecule has 2 aromatic heterocycles. The summed E-state index contributed by atoms with van der Waals surface area (Å²) in [5, 5.41) is 3.51. The Kier molecular flexibility index (Phi) is 2.96. The van der Waals surface area contributed by atoms with E-state index in [1.165, 1.54) is 0 Å². The SMILES string of the molecule is c1cc(NCC2CCOCC2)n2ccnc2c1. The largest absolute Gasteiger partial charge is 0.381 e. The Balaban J connectivity index is 1.69. The van der Waals surface area contributed by atoms with Crippen molar-refractivity contribution in [2.45, 2.75) is 12.8 Å². The van der Waals surface area contributed by atoms with Crippen LogP contribution in [0.15, 0.2) is 30.6 Å². The number of rotatable bonds is 3. The van der Waals surface area contributed by atoms with Crippen LogP contribution in [0.4, 0.5) is 5.82 Å². The topological polar surface area (TPSA) is 38.6 Å². The van der Waals surface area contributed by atoms with Gasteiger partial charge in [-0.2, -0.15) is 0 Å². The quantitative estimate of drug-likeness (QED) is 0.880. The zero-order valence-corrected chi connectivity index (χ0v) is 9.80. The molecule has 0 aliphatic carbocycles. The van der Waals surface area contributed by atoms with Crippen LogP contribution in [0.2, 0.25) is 0 Å². The van der Waals surface area contributed by atoms with Gasteiger partial charge >= 0.3 is 0 Å². The fourth-order valence-electron chi connectivity index (χ4n) is 2.29. The number of nitrogens with one attached hydrogen (secondary N) is 1. The highest BCUT2D eigenvalue weighted by atomic mass is 16.5. The molecular weight excluding hydrogens is 214 g/mol. The van der Waals surface area contributed by atoms with Gasteiger partial charge in [-0.3, -0.25) is 4.40 Å². The van der Waals surface area contributed by atoms with E-state index in [4.69, 9.17) is 4.74 Å². The number of ether oxygens (including phenoxy) is 1. The van der Waals surface area contributed by atoms with Crippen molar-refractivity contribution >= 4 is 11.5 Å². The Bertz CT molecular complexity index is 488. The van der Waals surface area contributed by atoms with E-state index in [0.29, 0.717) is 0 Å². The highest BCUT2D eigenvalue weighted by Crippen LogP contribution is 2.17. The molecule has 0 radical (unpaired) electrons. The number of imidazole rings is 1. The van der Waals surface area contributed by atoms with Gasteiger partial charge in [0.1, 0.15) is 11.5 Å². The second kappa shape index (κ2) is 4.75. The van der Waals surface area contributed by atoms with Gasteiger partial charge in [-0.1, -0.05) is 6.07 Å². The number of hydrogen-bond donors (Lipinski definition) is 1. The third-order valence-electron chi connectivity index (χ3n) is 3.34. The van der Waals surface area contributed by atoms with Crippen LogP contribution in [0.5, 0.6) is 0 Å². The Morgan fingerprint density at radius 1 is 1.35 bits per heavy atom. The molecule has 0 aromatic carbocycles. The van der Waals surface area contributed by atoms with E-state index in [1.807, 2.05) is 24.5 Å². The molecule has 0 saturated carbocycles. The minimum atomic E-state index is 0.725. The van der Waals surface area contributed by atoms with Crippen LogP contribution < -0.4 is 5.32 Å². The molecule has 0 unspecified atom stereocenters. The summed E-state index contributed by atoms with van der Waals surface area (Å²) in [6.07, 6.45) is 6.14. The zero-order valence-electron chi connectivity index (χ0n) is 9.80. The van der Waals surface area contributed by atoms with Crippen LogP contribution in [0.3, 0.4) is 0 Å². The van der Waals surface area contributed by atoms with Crippen molar-refractivity contribution in [2.75, 3.05) is 25.1 Å². The summed E-state index contributed by atoms with van der Waals surface area (Å²) in [5.74, 6) is 1.84. The fourth-order valence-corrected chi connectivity index (χ4v) is 2.29. The molecule has 0 atom stereocenters. The van der Waals surface area contributed by atoms with Crippen LogP contribution in [-0.4, -0.2) is 29.1 Å². The summed E-state index contributed by atoms with van der Waals surface area (Å²) in [5.41, 5.74) is 0.988. The molecule has 4 nitrogen and oxygen atoms in total. The lowest BCUT2D eigenvalue weighted by Crippen LogP contribution is -2.23. The van der Waals surface area contributed by atoms with Crippen molar-refractivity contribution in [3.63, 3.8) is 0 Å². The number of nitrogens with zero attached hydrogens (tertiary/aromatic N) is 2. The van der Waals surface area contributed by atoms with Gasteiger partial charge in [0.25, 0.3) is 0 Å². The van der Waals surface area contributed by atoms with Gasteiger partial charge in [-0.15, -0.1) is 0 Å². The van der Waals surface area contributed by atoms with E-state index >= 15 is 0 Å². The monoisotopic (exact) mass is 231 g/mol. The number of hydrogen-bond acceptors (Lipinski definition) is 3. The first-order valence-corrected chi connectivity index (χ1v) is 6.17. The predicted molar refractivity (Wildman–Crippen MR) is 67.2 cm³/mol. The summed E-state index contributed by atoms with van der Waals surface area (Å²) < 4.78 is 7.45. The molecule has 1 aliphatic heterocycles. The summed E-state index contributed by atoms with van der Waals surface area (Å²) in [6.45, 7) is 2.82. The van der Waals surface area contributed by atoms with Gasteiger partial charge < -0.3 is 10.1 Å². The zero-order chi connectivity index (χ0) is 11.5. The average molecular weight is 231 g/mol. The highest BCUT2D eigenvalue weighted by molar-refractivity contribution is 5.49. The van der Waals surface area contributed by atoms with Crippen molar-refractivity contribution in [3.05, 3.63) is 30.6 Å². The van der Waals surface area contributed by atoms with E-state index in [0.717, 1.165) is 50.0 Å². The molecule has 4 heteroatoms. The van der Waals surface area contributed by atoms with Crippen LogP contribution >= 0.6 is 0 Å². The van der Waals surface area contributed by atoms with Crippen LogP contribution in [-0.2, 0) is 4.74 Å². The maximum atomic E-state index is 5.37. The van der Waals surface area contributed by atoms with Crippen molar-refractivity contribution < 1.29 is 4.74 Å². The van der Waals surface area contributed by atoms with Crippen molar-refractivity contribution in [3.8, 4) is 0 Å². The normalized spacial score (nSPS) is 17.4. The maximum absolute atomic E-state index is 5.37. The van der Waals surface area contributed by atoms with E-state index in [1.54, 1.807) is 0 Å². The molecule has 1 aliphatic rings. The number of pyridine rings is 1. The molecule has 1 saturated heterocycles. The van der Waals surface area contributed by atoms with Gasteiger partial charge in [0.2, 0.25) is 0 Å². The molecule has 3 rings (SSSR count). The number of fused-ring (bicyclic) bond motifs is 1. The molecule has 3 heterocycles. The van der Waals surface area contributed by atoms with Crippen molar-refractivity contribution in [1.29, 1.82) is 0 Å². The minimum absolute atomic E-state index is 0.725. The standard InChI is InChI=1S/C13H17N3O/c1-2-12-14-6-7-16(12)13(3-1)15-10-11-4-8-17-9-5-11/h1-3,6-7,11,15H,4-5,8-10H2. The summed E-state index contributed by atoms with van der Waals surface area (Å²) in [6, 6.07) is 6.14. The van der Waals surface area contributed by atoms with E-state index < -0.39 is 0 Å². The van der Waals surface area contributed by atoms with Gasteiger partial charge in [-0.25, -0.2) is 4.98 Å². The Hall–Kier alpha value is -1.55. The Labute approximate surface area is 101 Å². The molecule has 17 heavy (non-hydrogen) atoms. The molecule has 0 amide bonds. The van der Waals surface area contributed by atoms with Gasteiger partial charge in [-0.05, 0) is 30.9 Å². The third-order valence-corrected chi connectivity index (χ3v) is 3.34. The predicted octanol–water partition coefficient (Wildman–Crippen LogP) is 2.17. The van der Waals surface area contributed by atoms with E-state index in [-0.39, 0.29) is 0 Å². The average Bonchev–Trinajstić information content (AvgIpc) is 2.86. The summed E-state index contributed by atoms with van der Waals surface area (Å²) in [7, 11) is 0. The van der Waals surface area contributed by atoms with Crippen molar-refractivity contribution in [1.82, 2.24) is 9.38 Å². The molecule has 2 aromatic rings.